The van der Waals surface area contributed by atoms with Crippen LogP contribution in [0.3, 0.4) is 0 Å². The maximum atomic E-state index is 11.8. The van der Waals surface area contributed by atoms with E-state index in [0.717, 1.165) is 0 Å². The van der Waals surface area contributed by atoms with Gasteiger partial charge in [0.25, 0.3) is 0 Å². The van der Waals surface area contributed by atoms with Gasteiger partial charge in [-0.3, -0.25) is 0 Å². The van der Waals surface area contributed by atoms with Crippen LogP contribution in [0.1, 0.15) is 27.2 Å². The average molecular weight is 289 g/mol. The number of carbonyl (C=O) groups excluding carboxylic acids is 1. The highest BCUT2D eigenvalue weighted by Crippen LogP contribution is 2.32. The van der Waals surface area contributed by atoms with Crippen molar-refractivity contribution < 1.29 is 9.53 Å². The van der Waals surface area contributed by atoms with E-state index in [0.29, 0.717) is 24.8 Å². The van der Waals surface area contributed by atoms with Crippen molar-refractivity contribution in [3.05, 3.63) is 0 Å². The second kappa shape index (κ2) is 4.62. The lowest BCUT2D eigenvalue weighted by Crippen LogP contribution is -2.37. The minimum Gasteiger partial charge on any atom is -0.444 e. The molecule has 0 aromatic rings. The van der Waals surface area contributed by atoms with E-state index in [9.17, 15) is 4.79 Å². The third-order valence-corrected chi connectivity index (χ3v) is 3.57. The van der Waals surface area contributed by atoms with Crippen LogP contribution in [0, 0.1) is 16.7 Å². The Morgan fingerprint density at radius 3 is 2.62 bits per heavy atom. The van der Waals surface area contributed by atoms with Crippen LogP contribution in [0.5, 0.6) is 0 Å². The summed E-state index contributed by atoms with van der Waals surface area (Å²) in [7, 11) is 0. The van der Waals surface area contributed by atoms with Crippen molar-refractivity contribution in [2.75, 3.05) is 18.4 Å². The second-order valence-electron chi connectivity index (χ2n) is 5.18. The predicted molar refractivity (Wildman–Crippen MR) is 64.3 cm³/mol. The van der Waals surface area contributed by atoms with Crippen molar-refractivity contribution in [3.63, 3.8) is 0 Å². The Kier molecular flexibility index (Phi) is 3.84. The highest BCUT2D eigenvalue weighted by Gasteiger charge is 2.40. The van der Waals surface area contributed by atoms with E-state index in [4.69, 9.17) is 10.00 Å². The smallest absolute Gasteiger partial charge is 0.410 e. The van der Waals surface area contributed by atoms with Crippen molar-refractivity contribution in [3.8, 4) is 6.07 Å². The summed E-state index contributed by atoms with van der Waals surface area (Å²) in [6.07, 6.45) is 0.374. The Hall–Kier alpha value is -0.760. The predicted octanol–water partition coefficient (Wildman–Crippen LogP) is 2.53. The van der Waals surface area contributed by atoms with E-state index in [2.05, 4.69) is 22.0 Å². The van der Waals surface area contributed by atoms with E-state index in [1.807, 2.05) is 20.8 Å². The summed E-state index contributed by atoms with van der Waals surface area (Å²) in [6.45, 7) is 6.55. The lowest BCUT2D eigenvalue weighted by atomic mass is 9.92. The lowest BCUT2D eigenvalue weighted by Gasteiger charge is -2.25. The van der Waals surface area contributed by atoms with E-state index >= 15 is 0 Å². The molecule has 1 aliphatic rings. The summed E-state index contributed by atoms with van der Waals surface area (Å²) in [5, 5.41) is 9.68. The molecule has 4 nitrogen and oxygen atoms in total. The molecule has 1 heterocycles. The lowest BCUT2D eigenvalue weighted by molar-refractivity contribution is 0.0284. The molecule has 16 heavy (non-hydrogen) atoms. The van der Waals surface area contributed by atoms with E-state index < -0.39 is 11.0 Å². The fraction of sp³-hybridized carbons (Fsp3) is 0.818. The van der Waals surface area contributed by atoms with Gasteiger partial charge in [-0.15, -0.1) is 0 Å². The first-order valence-corrected chi connectivity index (χ1v) is 6.39. The maximum absolute atomic E-state index is 11.8. The number of nitriles is 1. The highest BCUT2D eigenvalue weighted by molar-refractivity contribution is 9.09. The Morgan fingerprint density at radius 1 is 1.62 bits per heavy atom. The summed E-state index contributed by atoms with van der Waals surface area (Å²) in [4.78, 5) is 13.4. The fourth-order valence-electron chi connectivity index (χ4n) is 1.58. The summed E-state index contributed by atoms with van der Waals surface area (Å²) in [6, 6.07) is 2.28. The molecule has 0 bridgehead atoms. The minimum absolute atomic E-state index is 0.328. The quantitative estimate of drug-likeness (QED) is 0.697. The molecule has 1 atom stereocenters. The van der Waals surface area contributed by atoms with Crippen LogP contribution in [0.15, 0.2) is 0 Å². The number of halogens is 1. The van der Waals surface area contributed by atoms with Gasteiger partial charge in [-0.25, -0.2) is 4.79 Å². The Labute approximate surface area is 105 Å². The SMILES string of the molecule is CC(C)(C)OC(=O)N1CCC(C#N)(CBr)C1. The minimum atomic E-state index is -0.483. The molecule has 5 heteroatoms. The molecule has 90 valence electrons. The molecule has 1 amide bonds. The maximum Gasteiger partial charge on any atom is 0.410 e. The second-order valence-corrected chi connectivity index (χ2v) is 5.74. The number of ether oxygens (including phenoxy) is 1. The first-order valence-electron chi connectivity index (χ1n) is 5.27. The number of alkyl halides is 1. The molecule has 1 unspecified atom stereocenters. The largest absolute Gasteiger partial charge is 0.444 e. The van der Waals surface area contributed by atoms with Crippen molar-refractivity contribution >= 4 is 22.0 Å². The Morgan fingerprint density at radius 2 is 2.25 bits per heavy atom. The number of rotatable bonds is 1. The number of hydrogen-bond acceptors (Lipinski definition) is 3. The molecule has 0 saturated carbocycles. The first kappa shape index (κ1) is 13.3. The molecule has 1 rings (SSSR count). The third-order valence-electron chi connectivity index (χ3n) is 2.50. The van der Waals surface area contributed by atoms with Gasteiger partial charge in [-0.05, 0) is 27.2 Å². The van der Waals surface area contributed by atoms with Crippen LogP contribution < -0.4 is 0 Å². The van der Waals surface area contributed by atoms with Crippen LogP contribution in [0.4, 0.5) is 4.79 Å². The molecule has 0 aromatic heterocycles. The van der Waals surface area contributed by atoms with Crippen LogP contribution in [-0.2, 0) is 4.74 Å². The molecule has 0 N–H and O–H groups in total. The zero-order valence-electron chi connectivity index (χ0n) is 9.92. The molecule has 0 radical (unpaired) electrons. The van der Waals surface area contributed by atoms with Crippen LogP contribution >= 0.6 is 15.9 Å². The van der Waals surface area contributed by atoms with Crippen LogP contribution in [0.25, 0.3) is 0 Å². The van der Waals surface area contributed by atoms with Gasteiger partial charge in [0.2, 0.25) is 0 Å². The monoisotopic (exact) mass is 288 g/mol. The van der Waals surface area contributed by atoms with Gasteiger partial charge in [0.15, 0.2) is 0 Å². The number of amides is 1. The molecular formula is C11H17BrN2O2. The van der Waals surface area contributed by atoms with Crippen molar-refractivity contribution in [1.29, 1.82) is 5.26 Å². The normalized spacial score (nSPS) is 25.3. The van der Waals surface area contributed by atoms with Gasteiger partial charge in [0.1, 0.15) is 5.60 Å². The molecule has 0 aromatic carbocycles. The molecule has 1 saturated heterocycles. The van der Waals surface area contributed by atoms with Crippen LogP contribution in [-0.4, -0.2) is 35.0 Å². The Bertz CT molecular complexity index is 319. The summed E-state index contributed by atoms with van der Waals surface area (Å²) >= 11 is 3.33. The number of nitrogens with zero attached hydrogens (tertiary/aromatic N) is 2. The average Bonchev–Trinajstić information content (AvgIpc) is 2.60. The number of carbonyl (C=O) groups is 1. The van der Waals surface area contributed by atoms with Gasteiger partial charge < -0.3 is 9.64 Å². The van der Waals surface area contributed by atoms with Gasteiger partial charge in [0, 0.05) is 18.4 Å². The van der Waals surface area contributed by atoms with E-state index in [-0.39, 0.29) is 6.09 Å². The molecule has 0 spiro atoms. The summed E-state index contributed by atoms with van der Waals surface area (Å²) in [5.74, 6) is 0. The van der Waals surface area contributed by atoms with E-state index in [1.54, 1.807) is 4.90 Å². The third kappa shape index (κ3) is 3.11. The van der Waals surface area contributed by atoms with E-state index in [1.165, 1.54) is 0 Å². The molecule has 1 aliphatic heterocycles. The molecular weight excluding hydrogens is 272 g/mol. The number of likely N-dealkylation sites (tertiary alicyclic amines) is 1. The van der Waals surface area contributed by atoms with Gasteiger partial charge >= 0.3 is 6.09 Å². The topological polar surface area (TPSA) is 53.3 Å². The fourth-order valence-corrected chi connectivity index (χ4v) is 2.17. The zero-order valence-corrected chi connectivity index (χ0v) is 11.5. The highest BCUT2D eigenvalue weighted by atomic mass is 79.9. The Balaban J connectivity index is 2.60. The standard InChI is InChI=1S/C11H17BrN2O2/c1-10(2,3)16-9(15)14-5-4-11(6-12,7-13)8-14/h4-6,8H2,1-3H3. The van der Waals surface area contributed by atoms with Gasteiger partial charge in [-0.1, -0.05) is 15.9 Å². The number of hydrogen-bond donors (Lipinski definition) is 0. The molecule has 0 aliphatic carbocycles. The van der Waals surface area contributed by atoms with Gasteiger partial charge in [0.05, 0.1) is 11.5 Å². The molecule has 1 fully saturated rings. The van der Waals surface area contributed by atoms with Crippen molar-refractivity contribution in [2.45, 2.75) is 32.8 Å². The zero-order chi connectivity index (χ0) is 12.4. The summed E-state index contributed by atoms with van der Waals surface area (Å²) < 4.78 is 5.27. The van der Waals surface area contributed by atoms with Crippen LogP contribution in [0.2, 0.25) is 0 Å². The summed E-state index contributed by atoms with van der Waals surface area (Å²) in [5.41, 5.74) is -0.930. The first-order chi connectivity index (χ1) is 7.32. The van der Waals surface area contributed by atoms with Crippen molar-refractivity contribution in [2.24, 2.45) is 5.41 Å². The van der Waals surface area contributed by atoms with Gasteiger partial charge in [-0.2, -0.15) is 5.26 Å². The van der Waals surface area contributed by atoms with Crippen molar-refractivity contribution in [1.82, 2.24) is 4.90 Å².